The van der Waals surface area contributed by atoms with Gasteiger partial charge in [-0.05, 0) is 26.8 Å². The van der Waals surface area contributed by atoms with Crippen molar-refractivity contribution < 1.29 is 23.6 Å². The molecule has 1 aromatic rings. The van der Waals surface area contributed by atoms with Crippen LogP contribution in [0.3, 0.4) is 0 Å². The van der Waals surface area contributed by atoms with E-state index in [2.05, 4.69) is 10.4 Å². The Kier molecular flexibility index (Phi) is 4.67. The smallest absolute Gasteiger partial charge is 0.411 e. The van der Waals surface area contributed by atoms with Crippen molar-refractivity contribution in [3.63, 3.8) is 0 Å². The number of hydrogen-bond acceptors (Lipinski definition) is 5. The van der Waals surface area contributed by atoms with Gasteiger partial charge in [-0.3, -0.25) is 4.90 Å². The molecule has 8 nitrogen and oxygen atoms in total. The molecule has 1 N–H and O–H groups in total. The van der Waals surface area contributed by atoms with Crippen LogP contribution in [-0.4, -0.2) is 46.4 Å². The van der Waals surface area contributed by atoms with Gasteiger partial charge in [0.2, 0.25) is 0 Å². The van der Waals surface area contributed by atoms with Gasteiger partial charge in [-0.1, -0.05) is 5.10 Å². The van der Waals surface area contributed by atoms with E-state index in [4.69, 9.17) is 4.74 Å². The number of carbonyl (C=O) groups is 2. The Morgan fingerprint density at radius 3 is 2.83 bits per heavy atom. The Morgan fingerprint density at radius 2 is 2.22 bits per heavy atom. The maximum Gasteiger partial charge on any atom is 0.411 e. The Labute approximate surface area is 132 Å². The number of nitrogens with zero attached hydrogens (tertiary/aromatic N) is 3. The number of alkyl halides is 1. The molecule has 9 heteroatoms. The van der Waals surface area contributed by atoms with Gasteiger partial charge < -0.3 is 9.94 Å². The van der Waals surface area contributed by atoms with E-state index < -0.39 is 29.8 Å². The predicted octanol–water partition coefficient (Wildman–Crippen LogP) is 1.00. The molecule has 126 valence electrons. The minimum atomic E-state index is -1.33. The van der Waals surface area contributed by atoms with Gasteiger partial charge in [-0.2, -0.15) is 0 Å². The molecule has 2 amide bonds. The minimum absolute atomic E-state index is 0.0936. The standard InChI is InChI=1S/C14H19FN4O4/c1-14(2,3)23-13(21)18-8-9(15)7-10(18)12(20)17-11-5-4-6-16-19(11)22/h4-6,9-10H,7-8H2,1-3H3,(H,17,20)/t9-,10+/m1/s1. The summed E-state index contributed by atoms with van der Waals surface area (Å²) < 4.78 is 18.9. The highest BCUT2D eigenvalue weighted by atomic mass is 19.1. The first-order valence-corrected chi connectivity index (χ1v) is 7.17. The first kappa shape index (κ1) is 16.9. The Balaban J connectivity index is 2.11. The molecule has 0 spiro atoms. The maximum absolute atomic E-state index is 13.7. The molecule has 1 saturated heterocycles. The van der Waals surface area contributed by atoms with Crippen LogP contribution in [0.5, 0.6) is 0 Å². The number of anilines is 1. The van der Waals surface area contributed by atoms with Gasteiger partial charge in [-0.25, -0.2) is 19.3 Å². The number of nitrogens with one attached hydrogen (secondary N) is 1. The third-order valence-corrected chi connectivity index (χ3v) is 3.15. The van der Waals surface area contributed by atoms with Crippen molar-refractivity contribution in [2.24, 2.45) is 0 Å². The van der Waals surface area contributed by atoms with E-state index in [1.54, 1.807) is 20.8 Å². The first-order valence-electron chi connectivity index (χ1n) is 7.17. The molecular formula is C14H19FN4O4. The zero-order valence-corrected chi connectivity index (χ0v) is 13.2. The summed E-state index contributed by atoms with van der Waals surface area (Å²) >= 11 is 0. The molecule has 1 aliphatic heterocycles. The number of aromatic nitrogens is 2. The van der Waals surface area contributed by atoms with E-state index in [-0.39, 0.29) is 23.6 Å². The Morgan fingerprint density at radius 1 is 1.52 bits per heavy atom. The van der Waals surface area contributed by atoms with Crippen LogP contribution in [0.1, 0.15) is 27.2 Å². The Bertz CT molecular complexity index is 605. The molecule has 0 unspecified atom stereocenters. The third-order valence-electron chi connectivity index (χ3n) is 3.15. The van der Waals surface area contributed by atoms with Gasteiger partial charge in [0.15, 0.2) is 0 Å². The van der Waals surface area contributed by atoms with E-state index in [9.17, 15) is 19.2 Å². The molecule has 1 aromatic heterocycles. The fraction of sp³-hybridized carbons (Fsp3) is 0.571. The molecule has 0 bridgehead atoms. The van der Waals surface area contributed by atoms with Crippen LogP contribution >= 0.6 is 0 Å². The second-order valence-corrected chi connectivity index (χ2v) is 6.25. The fourth-order valence-electron chi connectivity index (χ4n) is 2.21. The highest BCUT2D eigenvalue weighted by molar-refractivity contribution is 5.95. The summed E-state index contributed by atoms with van der Waals surface area (Å²) in [5, 5.41) is 17.2. The zero-order valence-electron chi connectivity index (χ0n) is 13.2. The van der Waals surface area contributed by atoms with Gasteiger partial charge in [0.1, 0.15) is 17.8 Å². The molecule has 2 heterocycles. The quantitative estimate of drug-likeness (QED) is 0.646. The SMILES string of the molecule is CC(C)(C)OC(=O)N1C[C@H](F)C[C@H]1C(=O)Nc1cccn[n+]1[O-]. The maximum atomic E-state index is 13.7. The van der Waals surface area contributed by atoms with E-state index in [1.165, 1.54) is 18.3 Å². The number of amides is 2. The second kappa shape index (κ2) is 6.35. The van der Waals surface area contributed by atoms with Gasteiger partial charge in [0.05, 0.1) is 12.7 Å². The van der Waals surface area contributed by atoms with Crippen molar-refractivity contribution in [3.05, 3.63) is 23.5 Å². The number of halogens is 1. The van der Waals surface area contributed by atoms with Crippen LogP contribution in [0.15, 0.2) is 18.3 Å². The lowest BCUT2D eigenvalue weighted by atomic mass is 10.2. The normalized spacial score (nSPS) is 21.1. The molecule has 0 aliphatic carbocycles. The van der Waals surface area contributed by atoms with E-state index in [1.807, 2.05) is 0 Å². The van der Waals surface area contributed by atoms with Crippen LogP contribution in [0.2, 0.25) is 0 Å². The molecule has 23 heavy (non-hydrogen) atoms. The van der Waals surface area contributed by atoms with E-state index in [0.717, 1.165) is 4.90 Å². The number of carbonyl (C=O) groups excluding carboxylic acids is 2. The lowest BCUT2D eigenvalue weighted by Gasteiger charge is -2.26. The van der Waals surface area contributed by atoms with Gasteiger partial charge in [-0.15, -0.1) is 4.85 Å². The molecule has 1 aliphatic rings. The minimum Gasteiger partial charge on any atom is -0.691 e. The highest BCUT2D eigenvalue weighted by Crippen LogP contribution is 2.24. The monoisotopic (exact) mass is 326 g/mol. The fourth-order valence-corrected chi connectivity index (χ4v) is 2.21. The predicted molar refractivity (Wildman–Crippen MR) is 78.1 cm³/mol. The van der Waals surface area contributed by atoms with Gasteiger partial charge >= 0.3 is 17.8 Å². The number of ether oxygens (including phenoxy) is 1. The van der Waals surface area contributed by atoms with E-state index in [0.29, 0.717) is 0 Å². The molecule has 0 radical (unpaired) electrons. The largest absolute Gasteiger partial charge is 0.691 e. The average Bonchev–Trinajstić information content (AvgIpc) is 2.82. The van der Waals surface area contributed by atoms with Crippen LogP contribution < -0.4 is 10.2 Å². The molecule has 2 rings (SSSR count). The van der Waals surface area contributed by atoms with Crippen molar-refractivity contribution in [1.29, 1.82) is 0 Å². The molecular weight excluding hydrogens is 307 g/mol. The van der Waals surface area contributed by atoms with Crippen LogP contribution in [0.25, 0.3) is 0 Å². The molecule has 0 aromatic carbocycles. The van der Waals surface area contributed by atoms with Crippen molar-refractivity contribution in [2.75, 3.05) is 11.9 Å². The van der Waals surface area contributed by atoms with Gasteiger partial charge in [0.25, 0.3) is 0 Å². The molecule has 0 saturated carbocycles. The van der Waals surface area contributed by atoms with Crippen LogP contribution in [-0.2, 0) is 9.53 Å². The Hall–Kier alpha value is -2.45. The van der Waals surface area contributed by atoms with E-state index >= 15 is 0 Å². The van der Waals surface area contributed by atoms with Crippen molar-refractivity contribution in [2.45, 2.75) is 45.0 Å². The molecule has 2 atom stereocenters. The highest BCUT2D eigenvalue weighted by Gasteiger charge is 2.43. The van der Waals surface area contributed by atoms with Crippen molar-refractivity contribution >= 4 is 17.8 Å². The summed E-state index contributed by atoms with van der Waals surface area (Å²) in [5.41, 5.74) is -0.756. The zero-order chi connectivity index (χ0) is 17.2. The summed E-state index contributed by atoms with van der Waals surface area (Å²) in [6.45, 7) is 4.81. The summed E-state index contributed by atoms with van der Waals surface area (Å²) in [6, 6.07) is 1.79. The lowest BCUT2D eigenvalue weighted by molar-refractivity contribution is -0.654. The number of rotatable bonds is 2. The third kappa shape index (κ3) is 4.27. The van der Waals surface area contributed by atoms with Crippen molar-refractivity contribution in [3.8, 4) is 0 Å². The summed E-state index contributed by atoms with van der Waals surface area (Å²) in [6.07, 6.45) is -0.974. The van der Waals surface area contributed by atoms with Crippen LogP contribution in [0.4, 0.5) is 15.0 Å². The topological polar surface area (TPSA) is 98.5 Å². The summed E-state index contributed by atoms with van der Waals surface area (Å²) in [7, 11) is 0. The number of hydrogen-bond donors (Lipinski definition) is 1. The number of likely N-dealkylation sites (tertiary alicyclic amines) is 1. The van der Waals surface area contributed by atoms with Gasteiger partial charge in [0, 0.05) is 12.5 Å². The van der Waals surface area contributed by atoms with Crippen LogP contribution in [0, 0.1) is 5.21 Å². The summed E-state index contributed by atoms with van der Waals surface area (Å²) in [4.78, 5) is 25.7. The lowest BCUT2D eigenvalue weighted by Crippen LogP contribution is -2.47. The first-order chi connectivity index (χ1) is 10.7. The van der Waals surface area contributed by atoms with Crippen molar-refractivity contribution in [1.82, 2.24) is 10.00 Å². The average molecular weight is 326 g/mol. The summed E-state index contributed by atoms with van der Waals surface area (Å²) in [5.74, 6) is -0.752. The molecule has 1 fully saturated rings. The second-order valence-electron chi connectivity index (χ2n) is 6.25.